The highest BCUT2D eigenvalue weighted by molar-refractivity contribution is 7.99. The highest BCUT2D eigenvalue weighted by Gasteiger charge is 2.19. The van der Waals surface area contributed by atoms with Crippen molar-refractivity contribution < 1.29 is 0 Å². The van der Waals surface area contributed by atoms with Crippen LogP contribution in [0.1, 0.15) is 20.8 Å². The summed E-state index contributed by atoms with van der Waals surface area (Å²) in [6.45, 7) is 10.4. The zero-order chi connectivity index (χ0) is 9.68. The number of nitrogens with one attached hydrogen (secondary N) is 1. The summed E-state index contributed by atoms with van der Waals surface area (Å²) in [5.41, 5.74) is 0. The van der Waals surface area contributed by atoms with Gasteiger partial charge in [-0.25, -0.2) is 0 Å². The van der Waals surface area contributed by atoms with Crippen LogP contribution < -0.4 is 5.32 Å². The average Bonchev–Trinajstić information content (AvgIpc) is 2.14. The molecule has 0 spiro atoms. The van der Waals surface area contributed by atoms with Crippen molar-refractivity contribution in [2.24, 2.45) is 0 Å². The molecule has 78 valence electrons. The summed E-state index contributed by atoms with van der Waals surface area (Å²) in [6.07, 6.45) is 0. The lowest BCUT2D eigenvalue weighted by molar-refractivity contribution is 0.170. The number of thioether (sulfide) groups is 1. The minimum Gasteiger partial charge on any atom is -0.312 e. The molecule has 1 aliphatic heterocycles. The molecule has 1 fully saturated rings. The highest BCUT2D eigenvalue weighted by atomic mass is 32.2. The average molecular weight is 202 g/mol. The van der Waals surface area contributed by atoms with E-state index in [4.69, 9.17) is 0 Å². The monoisotopic (exact) mass is 202 g/mol. The van der Waals surface area contributed by atoms with E-state index < -0.39 is 0 Å². The molecular formula is C10H22N2S. The van der Waals surface area contributed by atoms with Crippen LogP contribution in [0.4, 0.5) is 0 Å². The Morgan fingerprint density at radius 2 is 2.38 bits per heavy atom. The second-order valence-corrected chi connectivity index (χ2v) is 5.18. The molecule has 1 aliphatic rings. The maximum atomic E-state index is 3.47. The van der Waals surface area contributed by atoms with Gasteiger partial charge in [-0.3, -0.25) is 4.90 Å². The molecule has 0 radical (unpaired) electrons. The second-order valence-electron chi connectivity index (χ2n) is 3.86. The Morgan fingerprint density at radius 3 is 3.00 bits per heavy atom. The van der Waals surface area contributed by atoms with Crippen molar-refractivity contribution in [1.82, 2.24) is 10.2 Å². The van der Waals surface area contributed by atoms with Crippen molar-refractivity contribution >= 4 is 11.8 Å². The minimum atomic E-state index is 0.669. The first kappa shape index (κ1) is 11.3. The van der Waals surface area contributed by atoms with Gasteiger partial charge in [-0.15, -0.1) is 0 Å². The molecule has 1 heterocycles. The van der Waals surface area contributed by atoms with Crippen molar-refractivity contribution in [2.75, 3.05) is 31.1 Å². The summed E-state index contributed by atoms with van der Waals surface area (Å²) in [5, 5.41) is 3.47. The van der Waals surface area contributed by atoms with E-state index in [1.807, 2.05) is 11.8 Å². The zero-order valence-electron chi connectivity index (χ0n) is 9.05. The van der Waals surface area contributed by atoms with Crippen molar-refractivity contribution in [3.8, 4) is 0 Å². The van der Waals surface area contributed by atoms with Gasteiger partial charge in [-0.05, 0) is 19.6 Å². The van der Waals surface area contributed by atoms with Crippen LogP contribution in [0.5, 0.6) is 0 Å². The van der Waals surface area contributed by atoms with E-state index in [0.717, 1.165) is 12.6 Å². The quantitative estimate of drug-likeness (QED) is 0.742. The Hall–Kier alpha value is 0.270. The van der Waals surface area contributed by atoms with Gasteiger partial charge in [0.1, 0.15) is 0 Å². The molecule has 0 aliphatic carbocycles. The highest BCUT2D eigenvalue weighted by Crippen LogP contribution is 2.10. The Labute approximate surface area is 86.5 Å². The Morgan fingerprint density at radius 1 is 1.62 bits per heavy atom. The van der Waals surface area contributed by atoms with Gasteiger partial charge in [-0.1, -0.05) is 6.92 Å². The molecule has 0 bridgehead atoms. The largest absolute Gasteiger partial charge is 0.312 e. The van der Waals surface area contributed by atoms with E-state index in [2.05, 4.69) is 31.0 Å². The van der Waals surface area contributed by atoms with Crippen LogP contribution in [-0.2, 0) is 0 Å². The molecule has 0 saturated carbocycles. The van der Waals surface area contributed by atoms with E-state index in [9.17, 15) is 0 Å². The van der Waals surface area contributed by atoms with Crippen LogP contribution >= 0.6 is 11.8 Å². The Kier molecular flexibility index (Phi) is 5.14. The zero-order valence-corrected chi connectivity index (χ0v) is 9.86. The molecule has 0 aromatic carbocycles. The normalized spacial score (nSPS) is 27.5. The minimum absolute atomic E-state index is 0.669. The number of nitrogens with zero attached hydrogens (tertiary/aromatic N) is 1. The molecule has 0 aromatic rings. The van der Waals surface area contributed by atoms with E-state index in [-0.39, 0.29) is 0 Å². The Balaban J connectivity index is 2.24. The predicted molar refractivity (Wildman–Crippen MR) is 61.5 cm³/mol. The maximum absolute atomic E-state index is 3.47. The third-order valence-corrected chi connectivity index (χ3v) is 3.71. The van der Waals surface area contributed by atoms with Crippen LogP contribution in [-0.4, -0.2) is 48.1 Å². The fourth-order valence-corrected chi connectivity index (χ4v) is 2.54. The molecule has 2 unspecified atom stereocenters. The van der Waals surface area contributed by atoms with Gasteiger partial charge in [-0.2, -0.15) is 11.8 Å². The van der Waals surface area contributed by atoms with Gasteiger partial charge in [0.2, 0.25) is 0 Å². The van der Waals surface area contributed by atoms with E-state index >= 15 is 0 Å². The van der Waals surface area contributed by atoms with Crippen molar-refractivity contribution in [3.63, 3.8) is 0 Å². The summed E-state index contributed by atoms with van der Waals surface area (Å²) in [5.74, 6) is 2.52. The lowest BCUT2D eigenvalue weighted by Crippen LogP contribution is -2.52. The van der Waals surface area contributed by atoms with Crippen LogP contribution in [0, 0.1) is 0 Å². The Bertz CT molecular complexity index is 141. The number of rotatable bonds is 4. The molecule has 0 amide bonds. The summed E-state index contributed by atoms with van der Waals surface area (Å²) in [7, 11) is 0. The molecule has 1 N–H and O–H groups in total. The summed E-state index contributed by atoms with van der Waals surface area (Å²) < 4.78 is 0. The lowest BCUT2D eigenvalue weighted by atomic mass is 10.2. The van der Waals surface area contributed by atoms with Crippen LogP contribution in [0.25, 0.3) is 0 Å². The van der Waals surface area contributed by atoms with Gasteiger partial charge in [0.25, 0.3) is 0 Å². The number of hydrogen-bond acceptors (Lipinski definition) is 3. The van der Waals surface area contributed by atoms with E-state index in [1.165, 1.54) is 24.6 Å². The first-order valence-electron chi connectivity index (χ1n) is 5.29. The van der Waals surface area contributed by atoms with Gasteiger partial charge in [0.05, 0.1) is 0 Å². The first-order valence-corrected chi connectivity index (χ1v) is 6.44. The predicted octanol–water partition coefficient (Wildman–Crippen LogP) is 1.42. The summed E-state index contributed by atoms with van der Waals surface area (Å²) >= 11 is 2.05. The molecule has 2 nitrogen and oxygen atoms in total. The van der Waals surface area contributed by atoms with Gasteiger partial charge in [0, 0.05) is 37.5 Å². The number of hydrogen-bond donors (Lipinski definition) is 1. The second kappa shape index (κ2) is 5.89. The fourth-order valence-electron chi connectivity index (χ4n) is 1.76. The molecule has 2 atom stereocenters. The van der Waals surface area contributed by atoms with Gasteiger partial charge < -0.3 is 5.32 Å². The third-order valence-electron chi connectivity index (χ3n) is 2.59. The fraction of sp³-hybridized carbons (Fsp3) is 1.00. The molecule has 3 heteroatoms. The standard InChI is InChI=1S/C10H22N2S/c1-4-13-8-10(3)12-6-5-11-9(2)7-12/h9-11H,4-8H2,1-3H3. The summed E-state index contributed by atoms with van der Waals surface area (Å²) in [4.78, 5) is 2.60. The molecule has 13 heavy (non-hydrogen) atoms. The van der Waals surface area contributed by atoms with Gasteiger partial charge >= 0.3 is 0 Å². The molecule has 1 rings (SSSR count). The van der Waals surface area contributed by atoms with Crippen molar-refractivity contribution in [1.29, 1.82) is 0 Å². The van der Waals surface area contributed by atoms with Crippen LogP contribution in [0.15, 0.2) is 0 Å². The van der Waals surface area contributed by atoms with Crippen LogP contribution in [0.3, 0.4) is 0 Å². The van der Waals surface area contributed by atoms with E-state index in [0.29, 0.717) is 6.04 Å². The van der Waals surface area contributed by atoms with Crippen molar-refractivity contribution in [2.45, 2.75) is 32.9 Å². The topological polar surface area (TPSA) is 15.3 Å². The number of piperazine rings is 1. The molecule has 1 saturated heterocycles. The SMILES string of the molecule is CCSCC(C)N1CCNC(C)C1. The molecule has 0 aromatic heterocycles. The molecular weight excluding hydrogens is 180 g/mol. The smallest absolute Gasteiger partial charge is 0.0167 e. The van der Waals surface area contributed by atoms with Gasteiger partial charge in [0.15, 0.2) is 0 Å². The van der Waals surface area contributed by atoms with Crippen molar-refractivity contribution in [3.05, 3.63) is 0 Å². The summed E-state index contributed by atoms with van der Waals surface area (Å²) in [6, 6.07) is 1.41. The maximum Gasteiger partial charge on any atom is 0.0167 e. The van der Waals surface area contributed by atoms with E-state index in [1.54, 1.807) is 0 Å². The third kappa shape index (κ3) is 3.88. The first-order chi connectivity index (χ1) is 6.24. The van der Waals surface area contributed by atoms with Crippen LogP contribution in [0.2, 0.25) is 0 Å². The lowest BCUT2D eigenvalue weighted by Gasteiger charge is -2.36.